The van der Waals surface area contributed by atoms with Crippen molar-refractivity contribution in [3.8, 4) is 5.75 Å². The average molecular weight is 352 g/mol. The maximum absolute atomic E-state index is 12.1. The molecule has 26 heavy (non-hydrogen) atoms. The second-order valence-corrected chi connectivity index (χ2v) is 5.96. The molecular formula is C20H20N2O4. The fraction of sp³-hybridized carbons (Fsp3) is 0.200. The van der Waals surface area contributed by atoms with Gasteiger partial charge < -0.3 is 20.1 Å². The minimum atomic E-state index is -0.868. The summed E-state index contributed by atoms with van der Waals surface area (Å²) in [5.74, 6) is -0.389. The number of hydrogen-bond donors (Lipinski definition) is 3. The Labute approximate surface area is 150 Å². The lowest BCUT2D eigenvalue weighted by atomic mass is 10.2. The van der Waals surface area contributed by atoms with E-state index >= 15 is 0 Å². The van der Waals surface area contributed by atoms with Gasteiger partial charge in [0.2, 0.25) is 0 Å². The Bertz CT molecular complexity index is 903. The third kappa shape index (κ3) is 4.63. The predicted octanol–water partition coefficient (Wildman–Crippen LogP) is 3.34. The fourth-order valence-electron chi connectivity index (χ4n) is 2.60. The summed E-state index contributed by atoms with van der Waals surface area (Å²) >= 11 is 0. The summed E-state index contributed by atoms with van der Waals surface area (Å²) in [4.78, 5) is 25.7. The van der Waals surface area contributed by atoms with Gasteiger partial charge in [-0.3, -0.25) is 9.59 Å². The molecule has 0 atom stereocenters. The van der Waals surface area contributed by atoms with Crippen LogP contribution in [0.4, 0.5) is 0 Å². The zero-order valence-corrected chi connectivity index (χ0v) is 14.2. The molecule has 0 aliphatic carbocycles. The summed E-state index contributed by atoms with van der Waals surface area (Å²) in [5.41, 5.74) is 2.37. The van der Waals surface area contributed by atoms with Gasteiger partial charge in [0.1, 0.15) is 18.1 Å². The van der Waals surface area contributed by atoms with Gasteiger partial charge in [0.15, 0.2) is 0 Å². The standard InChI is InChI=1S/C20H20N2O4/c23-19(24)7-4-10-21-20(25)18-12-15-11-16(8-9-17(15)22-18)26-13-14-5-2-1-3-6-14/h1-3,5-6,8-9,11-12,22H,4,7,10,13H2,(H,21,25)(H,23,24). The van der Waals surface area contributed by atoms with E-state index in [1.165, 1.54) is 0 Å². The zero-order valence-electron chi connectivity index (χ0n) is 14.2. The van der Waals surface area contributed by atoms with Crippen molar-refractivity contribution in [2.75, 3.05) is 6.54 Å². The number of fused-ring (bicyclic) bond motifs is 1. The van der Waals surface area contributed by atoms with E-state index in [4.69, 9.17) is 9.84 Å². The van der Waals surface area contributed by atoms with E-state index in [0.717, 1.165) is 22.2 Å². The molecule has 134 valence electrons. The van der Waals surface area contributed by atoms with Crippen molar-refractivity contribution in [3.63, 3.8) is 0 Å². The summed E-state index contributed by atoms with van der Waals surface area (Å²) in [5, 5.41) is 12.2. The Hall–Kier alpha value is -3.28. The first-order valence-electron chi connectivity index (χ1n) is 8.41. The number of aromatic amines is 1. The van der Waals surface area contributed by atoms with Crippen LogP contribution < -0.4 is 10.1 Å². The normalized spacial score (nSPS) is 10.6. The number of carboxylic acids is 1. The molecule has 1 amide bonds. The molecule has 0 radical (unpaired) electrons. The summed E-state index contributed by atoms with van der Waals surface area (Å²) in [6.45, 7) is 0.805. The van der Waals surface area contributed by atoms with Gasteiger partial charge in [0, 0.05) is 23.9 Å². The molecule has 0 aliphatic heterocycles. The van der Waals surface area contributed by atoms with E-state index < -0.39 is 5.97 Å². The highest BCUT2D eigenvalue weighted by Crippen LogP contribution is 2.22. The molecular weight excluding hydrogens is 332 g/mol. The Morgan fingerprint density at radius 3 is 2.65 bits per heavy atom. The lowest BCUT2D eigenvalue weighted by molar-refractivity contribution is -0.137. The first-order valence-corrected chi connectivity index (χ1v) is 8.41. The van der Waals surface area contributed by atoms with Gasteiger partial charge in [-0.05, 0) is 36.2 Å². The largest absolute Gasteiger partial charge is 0.489 e. The molecule has 0 bridgehead atoms. The SMILES string of the molecule is O=C(O)CCCNC(=O)c1cc2cc(OCc3ccccc3)ccc2[nH]1. The lowest BCUT2D eigenvalue weighted by Crippen LogP contribution is -2.25. The number of aliphatic carboxylic acids is 1. The molecule has 6 heteroatoms. The molecule has 0 unspecified atom stereocenters. The van der Waals surface area contributed by atoms with Gasteiger partial charge in [-0.15, -0.1) is 0 Å². The van der Waals surface area contributed by atoms with Crippen LogP contribution in [0.3, 0.4) is 0 Å². The molecule has 0 spiro atoms. The number of carboxylic acid groups (broad SMARTS) is 1. The van der Waals surface area contributed by atoms with Crippen molar-refractivity contribution in [2.45, 2.75) is 19.4 Å². The van der Waals surface area contributed by atoms with Crippen LogP contribution in [0.15, 0.2) is 54.6 Å². The Morgan fingerprint density at radius 2 is 1.88 bits per heavy atom. The number of ether oxygens (including phenoxy) is 1. The van der Waals surface area contributed by atoms with E-state index in [9.17, 15) is 9.59 Å². The van der Waals surface area contributed by atoms with Crippen LogP contribution in [-0.4, -0.2) is 28.5 Å². The van der Waals surface area contributed by atoms with Crippen molar-refractivity contribution >= 4 is 22.8 Å². The molecule has 3 N–H and O–H groups in total. The third-order valence-corrected chi connectivity index (χ3v) is 3.94. The molecule has 1 heterocycles. The summed E-state index contributed by atoms with van der Waals surface area (Å²) in [7, 11) is 0. The van der Waals surface area contributed by atoms with Crippen molar-refractivity contribution in [2.24, 2.45) is 0 Å². The van der Waals surface area contributed by atoms with Crippen LogP contribution in [0.1, 0.15) is 28.9 Å². The summed E-state index contributed by atoms with van der Waals surface area (Å²) < 4.78 is 5.80. The molecule has 3 aromatic rings. The summed E-state index contributed by atoms with van der Waals surface area (Å²) in [6, 6.07) is 17.3. The molecule has 1 aromatic heterocycles. The van der Waals surface area contributed by atoms with Crippen molar-refractivity contribution in [1.82, 2.24) is 10.3 Å². The average Bonchev–Trinajstić information content (AvgIpc) is 3.07. The van der Waals surface area contributed by atoms with Crippen molar-refractivity contribution < 1.29 is 19.4 Å². The van der Waals surface area contributed by atoms with E-state index in [-0.39, 0.29) is 12.3 Å². The quantitative estimate of drug-likeness (QED) is 0.542. The lowest BCUT2D eigenvalue weighted by Gasteiger charge is -2.06. The highest BCUT2D eigenvalue weighted by molar-refractivity contribution is 5.98. The van der Waals surface area contributed by atoms with Crippen LogP contribution in [0.25, 0.3) is 10.9 Å². The number of carbonyl (C=O) groups excluding carboxylic acids is 1. The maximum atomic E-state index is 12.1. The highest BCUT2D eigenvalue weighted by Gasteiger charge is 2.10. The molecule has 0 aliphatic rings. The molecule has 0 saturated carbocycles. The fourth-order valence-corrected chi connectivity index (χ4v) is 2.60. The number of benzene rings is 2. The highest BCUT2D eigenvalue weighted by atomic mass is 16.5. The first-order chi connectivity index (χ1) is 12.6. The second-order valence-electron chi connectivity index (χ2n) is 5.96. The van der Waals surface area contributed by atoms with Gasteiger partial charge in [-0.1, -0.05) is 30.3 Å². The zero-order chi connectivity index (χ0) is 18.4. The minimum absolute atomic E-state index is 0.0368. The van der Waals surface area contributed by atoms with Crippen LogP contribution in [0.5, 0.6) is 5.75 Å². The number of nitrogens with one attached hydrogen (secondary N) is 2. The third-order valence-electron chi connectivity index (χ3n) is 3.94. The predicted molar refractivity (Wildman–Crippen MR) is 98.3 cm³/mol. The van der Waals surface area contributed by atoms with E-state index in [1.54, 1.807) is 6.07 Å². The van der Waals surface area contributed by atoms with Crippen LogP contribution >= 0.6 is 0 Å². The Kier molecular flexibility index (Phi) is 5.53. The van der Waals surface area contributed by atoms with Gasteiger partial charge in [0.25, 0.3) is 5.91 Å². The minimum Gasteiger partial charge on any atom is -0.489 e. The Balaban J connectivity index is 1.61. The molecule has 3 rings (SSSR count). The summed E-state index contributed by atoms with van der Waals surface area (Å²) in [6.07, 6.45) is 0.438. The second kappa shape index (κ2) is 8.20. The molecule has 0 fully saturated rings. The van der Waals surface area contributed by atoms with Crippen molar-refractivity contribution in [3.05, 3.63) is 65.9 Å². The van der Waals surface area contributed by atoms with Crippen LogP contribution in [-0.2, 0) is 11.4 Å². The van der Waals surface area contributed by atoms with Gasteiger partial charge in [-0.25, -0.2) is 0 Å². The molecule has 6 nitrogen and oxygen atoms in total. The number of carbonyl (C=O) groups is 2. The van der Waals surface area contributed by atoms with E-state index in [2.05, 4.69) is 10.3 Å². The van der Waals surface area contributed by atoms with Crippen LogP contribution in [0, 0.1) is 0 Å². The van der Waals surface area contributed by atoms with Crippen molar-refractivity contribution in [1.29, 1.82) is 0 Å². The van der Waals surface area contributed by atoms with Gasteiger partial charge >= 0.3 is 5.97 Å². The monoisotopic (exact) mass is 352 g/mol. The van der Waals surface area contributed by atoms with Crippen LogP contribution in [0.2, 0.25) is 0 Å². The number of H-pyrrole nitrogens is 1. The Morgan fingerprint density at radius 1 is 1.08 bits per heavy atom. The molecule has 2 aromatic carbocycles. The number of aromatic nitrogens is 1. The smallest absolute Gasteiger partial charge is 0.303 e. The first kappa shape index (κ1) is 17.5. The number of rotatable bonds is 8. The molecule has 0 saturated heterocycles. The van der Waals surface area contributed by atoms with E-state index in [0.29, 0.717) is 25.3 Å². The number of amides is 1. The van der Waals surface area contributed by atoms with Gasteiger partial charge in [0.05, 0.1) is 0 Å². The van der Waals surface area contributed by atoms with E-state index in [1.807, 2.05) is 48.5 Å². The van der Waals surface area contributed by atoms with Gasteiger partial charge in [-0.2, -0.15) is 0 Å². The topological polar surface area (TPSA) is 91.4 Å². The number of hydrogen-bond acceptors (Lipinski definition) is 3. The maximum Gasteiger partial charge on any atom is 0.303 e.